The zero-order chi connectivity index (χ0) is 40.1. The van der Waals surface area contributed by atoms with Gasteiger partial charge in [-0.15, -0.1) is 0 Å². The van der Waals surface area contributed by atoms with Gasteiger partial charge in [0.15, 0.2) is 11.4 Å². The number of ether oxygens (including phenoxy) is 1. The van der Waals surface area contributed by atoms with Crippen LogP contribution in [-0.4, -0.2) is 144 Å². The highest BCUT2D eigenvalue weighted by atomic mass is 16.5. The van der Waals surface area contributed by atoms with Crippen molar-refractivity contribution >= 4 is 23.6 Å². The Kier molecular flexibility index (Phi) is 13.8. The third-order valence-electron chi connectivity index (χ3n) is 11.4. The Morgan fingerprint density at radius 1 is 0.691 bits per heavy atom. The first-order valence-electron chi connectivity index (χ1n) is 19.9. The van der Waals surface area contributed by atoms with Gasteiger partial charge >= 0.3 is 0 Å². The highest BCUT2D eigenvalue weighted by Gasteiger charge is 2.39. The van der Waals surface area contributed by atoms with E-state index in [1.165, 1.54) is 0 Å². The van der Waals surface area contributed by atoms with Crippen LogP contribution in [0, 0.1) is 10.8 Å². The molecular formula is C39H65N11O5. The second-order valence-corrected chi connectivity index (χ2v) is 17.2. The second kappa shape index (κ2) is 17.9. The van der Waals surface area contributed by atoms with Crippen LogP contribution in [0.2, 0.25) is 0 Å². The number of nitrogens with one attached hydrogen (secondary N) is 4. The van der Waals surface area contributed by atoms with Crippen molar-refractivity contribution in [2.75, 3.05) is 74.1 Å². The number of carbonyl (C=O) groups is 4. The largest absolute Gasteiger partial charge is 0.379 e. The Morgan fingerprint density at radius 3 is 1.65 bits per heavy atom. The van der Waals surface area contributed by atoms with Gasteiger partial charge in [0.2, 0.25) is 11.8 Å². The van der Waals surface area contributed by atoms with Crippen molar-refractivity contribution in [3.8, 4) is 0 Å². The Balaban J connectivity index is 1.29. The fourth-order valence-electron chi connectivity index (χ4n) is 7.99. The quantitative estimate of drug-likeness (QED) is 0.205. The lowest BCUT2D eigenvalue weighted by Gasteiger charge is -2.34. The highest BCUT2D eigenvalue weighted by Crippen LogP contribution is 2.30. The zero-order valence-electron chi connectivity index (χ0n) is 34.6. The molecule has 0 spiro atoms. The van der Waals surface area contributed by atoms with E-state index < -0.39 is 22.9 Å². The molecule has 2 aromatic rings. The number of rotatable bonds is 15. The van der Waals surface area contributed by atoms with Crippen LogP contribution in [-0.2, 0) is 53.3 Å². The molecule has 4 N–H and O–H groups in total. The van der Waals surface area contributed by atoms with Crippen molar-refractivity contribution in [3.63, 3.8) is 0 Å². The first-order chi connectivity index (χ1) is 26.0. The molecule has 2 atom stereocenters. The van der Waals surface area contributed by atoms with Gasteiger partial charge in [-0.1, -0.05) is 34.6 Å². The number of imidazole rings is 2. The first kappa shape index (κ1) is 42.3. The summed E-state index contributed by atoms with van der Waals surface area (Å²) in [5.74, 6) is 0.483. The van der Waals surface area contributed by atoms with Crippen molar-refractivity contribution in [3.05, 3.63) is 34.4 Å². The van der Waals surface area contributed by atoms with Gasteiger partial charge in [-0.2, -0.15) is 0 Å². The molecule has 1 fully saturated rings. The SMILES string of the molecule is CNC(=O)C(NC(=O)c1nc(CCCN2CCOCC2)n2c1CN(C)CC2)C(C)(C)CCCc1nc(C(=O)N[C@H](C(=O)NC)C(C)(C)C)c2n1CCN(C)C2. The molecule has 1 unspecified atom stereocenters. The molecule has 16 nitrogen and oxygen atoms in total. The van der Waals surface area contributed by atoms with Crippen LogP contribution in [0.4, 0.5) is 0 Å². The normalized spacial score (nSPS) is 18.2. The van der Waals surface area contributed by atoms with Crippen molar-refractivity contribution in [1.82, 2.24) is 55.1 Å². The van der Waals surface area contributed by atoms with Gasteiger partial charge < -0.3 is 35.1 Å². The Morgan fingerprint density at radius 2 is 1.16 bits per heavy atom. The summed E-state index contributed by atoms with van der Waals surface area (Å²) >= 11 is 0. The van der Waals surface area contributed by atoms with Gasteiger partial charge in [0.25, 0.3) is 11.8 Å². The van der Waals surface area contributed by atoms with Crippen LogP contribution in [0.1, 0.15) is 97.9 Å². The lowest BCUT2D eigenvalue weighted by Crippen LogP contribution is -2.54. The monoisotopic (exact) mass is 768 g/mol. The average Bonchev–Trinajstić information content (AvgIpc) is 3.69. The van der Waals surface area contributed by atoms with Crippen molar-refractivity contribution in [2.45, 2.75) is 105 Å². The van der Waals surface area contributed by atoms with Crippen LogP contribution in [0.5, 0.6) is 0 Å². The smallest absolute Gasteiger partial charge is 0.272 e. The number of fused-ring (bicyclic) bond motifs is 2. The third kappa shape index (κ3) is 10.1. The van der Waals surface area contributed by atoms with E-state index in [0.717, 1.165) is 88.4 Å². The molecule has 4 amide bonds. The number of likely N-dealkylation sites (N-methyl/N-ethyl adjacent to an activating group) is 4. The molecule has 306 valence electrons. The van der Waals surface area contributed by atoms with Gasteiger partial charge in [-0.25, -0.2) is 9.97 Å². The van der Waals surface area contributed by atoms with Crippen molar-refractivity contribution in [2.24, 2.45) is 10.8 Å². The number of carbonyl (C=O) groups excluding carboxylic acids is 4. The van der Waals surface area contributed by atoms with E-state index in [-0.39, 0.29) is 23.6 Å². The van der Waals surface area contributed by atoms with Gasteiger partial charge in [-0.3, -0.25) is 33.9 Å². The summed E-state index contributed by atoms with van der Waals surface area (Å²) in [4.78, 5) is 70.5. The number of aryl methyl sites for hydroxylation is 2. The Bertz CT molecular complexity index is 1690. The molecular weight excluding hydrogens is 703 g/mol. The number of hydrogen-bond donors (Lipinski definition) is 4. The number of morpholine rings is 1. The fourth-order valence-corrected chi connectivity index (χ4v) is 7.99. The topological polar surface area (TPSA) is 171 Å². The minimum atomic E-state index is -0.809. The molecule has 5 rings (SSSR count). The Labute approximate surface area is 326 Å². The molecule has 3 aliphatic rings. The fraction of sp³-hybridized carbons (Fsp3) is 0.744. The third-order valence-corrected chi connectivity index (χ3v) is 11.4. The molecule has 1 saturated heterocycles. The molecule has 3 aliphatic heterocycles. The summed E-state index contributed by atoms with van der Waals surface area (Å²) in [5, 5.41) is 11.5. The lowest BCUT2D eigenvalue weighted by atomic mass is 9.79. The maximum absolute atomic E-state index is 14.1. The number of hydrogen-bond acceptors (Lipinski definition) is 10. The summed E-state index contributed by atoms with van der Waals surface area (Å²) in [6, 6.07) is -1.54. The van der Waals surface area contributed by atoms with E-state index in [4.69, 9.17) is 14.7 Å². The van der Waals surface area contributed by atoms with Crippen LogP contribution in [0.25, 0.3) is 0 Å². The molecule has 0 radical (unpaired) electrons. The molecule has 0 aromatic carbocycles. The molecule has 0 aliphatic carbocycles. The molecule has 0 saturated carbocycles. The lowest BCUT2D eigenvalue weighted by molar-refractivity contribution is -0.125. The number of nitrogens with zero attached hydrogens (tertiary/aromatic N) is 7. The summed E-state index contributed by atoms with van der Waals surface area (Å²) in [6.45, 7) is 18.5. The summed E-state index contributed by atoms with van der Waals surface area (Å²) in [6.07, 6.45) is 3.57. The van der Waals surface area contributed by atoms with E-state index in [1.54, 1.807) is 14.1 Å². The van der Waals surface area contributed by atoms with Gasteiger partial charge in [0, 0.05) is 79.3 Å². The molecule has 5 heterocycles. The molecule has 16 heteroatoms. The average molecular weight is 768 g/mol. The van der Waals surface area contributed by atoms with Crippen LogP contribution >= 0.6 is 0 Å². The van der Waals surface area contributed by atoms with E-state index in [2.05, 4.69) is 45.1 Å². The van der Waals surface area contributed by atoms with Crippen LogP contribution in [0.3, 0.4) is 0 Å². The Hall–Kier alpha value is -3.86. The minimum absolute atomic E-state index is 0.258. The van der Waals surface area contributed by atoms with Gasteiger partial charge in [0.05, 0.1) is 24.6 Å². The predicted molar refractivity (Wildman–Crippen MR) is 210 cm³/mol. The minimum Gasteiger partial charge on any atom is -0.379 e. The summed E-state index contributed by atoms with van der Waals surface area (Å²) in [5.41, 5.74) is 1.32. The molecule has 55 heavy (non-hydrogen) atoms. The van der Waals surface area contributed by atoms with E-state index >= 15 is 0 Å². The van der Waals surface area contributed by atoms with Crippen LogP contribution in [0.15, 0.2) is 0 Å². The second-order valence-electron chi connectivity index (χ2n) is 17.2. The summed E-state index contributed by atoms with van der Waals surface area (Å²) in [7, 11) is 7.22. The maximum Gasteiger partial charge on any atom is 0.272 e. The standard InChI is InChI=1S/C39H65N11O5/c1-38(2,3)32(36(53)40-6)44-34(51)30-26-24-46(8)16-18-49(26)28(42-30)12-10-14-39(4,5)33(37(54)41-7)45-35(52)31-27-25-47(9)17-19-50(27)29(43-31)13-11-15-48-20-22-55-23-21-48/h32-33H,10-25H2,1-9H3,(H,40,53)(H,41,54)(H,44,51)(H,45,52)/t32-,33?/m1/s1. The number of aromatic nitrogens is 4. The number of amides is 4. The summed E-state index contributed by atoms with van der Waals surface area (Å²) < 4.78 is 9.83. The molecule has 2 aromatic heterocycles. The zero-order valence-corrected chi connectivity index (χ0v) is 34.6. The highest BCUT2D eigenvalue weighted by molar-refractivity contribution is 5.98. The van der Waals surface area contributed by atoms with E-state index in [9.17, 15) is 19.2 Å². The maximum atomic E-state index is 14.1. The van der Waals surface area contributed by atoms with Gasteiger partial charge in [0.1, 0.15) is 23.7 Å². The van der Waals surface area contributed by atoms with Crippen LogP contribution < -0.4 is 21.3 Å². The molecule has 0 bridgehead atoms. The van der Waals surface area contributed by atoms with E-state index in [1.807, 2.05) is 48.7 Å². The van der Waals surface area contributed by atoms with E-state index in [0.29, 0.717) is 50.3 Å². The first-order valence-corrected chi connectivity index (χ1v) is 19.9. The van der Waals surface area contributed by atoms with Crippen molar-refractivity contribution in [1.29, 1.82) is 0 Å². The van der Waals surface area contributed by atoms with Gasteiger partial charge in [-0.05, 0) is 50.7 Å². The predicted octanol–water partition coefficient (Wildman–Crippen LogP) is 1.02. The van der Waals surface area contributed by atoms with Crippen molar-refractivity contribution < 1.29 is 23.9 Å².